The first-order valence-electron chi connectivity index (χ1n) is 8.02. The molecule has 4 nitrogen and oxygen atoms in total. The zero-order valence-electron chi connectivity index (χ0n) is 13.3. The van der Waals surface area contributed by atoms with Gasteiger partial charge in [-0.3, -0.25) is 0 Å². The highest BCUT2D eigenvalue weighted by Gasteiger charge is 2.23. The van der Waals surface area contributed by atoms with E-state index in [0.29, 0.717) is 11.7 Å². The third-order valence-corrected chi connectivity index (χ3v) is 4.58. The number of anilines is 1. The monoisotopic (exact) mass is 292 g/mol. The molecule has 4 heteroatoms. The van der Waals surface area contributed by atoms with Crippen LogP contribution in [-0.4, -0.2) is 36.0 Å². The minimum atomic E-state index is -0.219. The molecule has 21 heavy (non-hydrogen) atoms. The minimum absolute atomic E-state index is 0.157. The van der Waals surface area contributed by atoms with Gasteiger partial charge in [0.25, 0.3) is 0 Å². The Morgan fingerprint density at radius 3 is 2.48 bits per heavy atom. The summed E-state index contributed by atoms with van der Waals surface area (Å²) in [6, 6.07) is 6.13. The highest BCUT2D eigenvalue weighted by Crippen LogP contribution is 2.31. The smallest absolute Gasteiger partial charge is 0.122 e. The van der Waals surface area contributed by atoms with E-state index in [1.54, 1.807) is 0 Å². The van der Waals surface area contributed by atoms with E-state index in [9.17, 15) is 10.2 Å². The zero-order valence-corrected chi connectivity index (χ0v) is 13.3. The number of piperidine rings is 1. The molecule has 1 saturated heterocycles. The molecule has 118 valence electrons. The molecule has 1 fully saturated rings. The highest BCUT2D eigenvalue weighted by molar-refractivity contribution is 5.54. The Bertz CT molecular complexity index is 454. The molecule has 3 N–H and O–H groups in total. The second-order valence-electron chi connectivity index (χ2n) is 6.09. The topological polar surface area (TPSA) is 55.7 Å². The third-order valence-electron chi connectivity index (χ3n) is 4.58. The molecule has 1 aromatic rings. The van der Waals surface area contributed by atoms with Gasteiger partial charge in [0.05, 0.1) is 6.10 Å². The Morgan fingerprint density at radius 1 is 1.29 bits per heavy atom. The molecule has 2 unspecified atom stereocenters. The number of aliphatic hydroxyl groups excluding tert-OH is 1. The number of aliphatic hydroxyl groups is 1. The zero-order chi connectivity index (χ0) is 15.4. The van der Waals surface area contributed by atoms with Gasteiger partial charge in [-0.2, -0.15) is 0 Å². The fourth-order valence-electron chi connectivity index (χ4n) is 3.15. The number of nitrogens with one attached hydrogen (secondary N) is 1. The second kappa shape index (κ2) is 7.14. The van der Waals surface area contributed by atoms with Crippen LogP contribution >= 0.6 is 0 Å². The summed E-state index contributed by atoms with van der Waals surface area (Å²) in [5.41, 5.74) is 2.02. The molecule has 0 amide bonds. The molecule has 0 aromatic heterocycles. The highest BCUT2D eigenvalue weighted by atomic mass is 16.3. The standard InChI is InChI=1S/C17H28N2O2/c1-4-18-12(2)16-6-5-15(11-17(16)21)19-9-7-14(8-10-19)13(3)20/h5-6,11-14,18,20-21H,4,7-10H2,1-3H3. The molecule has 0 bridgehead atoms. The fourth-order valence-corrected chi connectivity index (χ4v) is 3.15. The van der Waals surface area contributed by atoms with Crippen LogP contribution in [0.3, 0.4) is 0 Å². The van der Waals surface area contributed by atoms with E-state index in [2.05, 4.69) is 30.1 Å². The van der Waals surface area contributed by atoms with Crippen LogP contribution in [0.5, 0.6) is 5.75 Å². The summed E-state index contributed by atoms with van der Waals surface area (Å²) in [5, 5.41) is 23.2. The van der Waals surface area contributed by atoms with Crippen molar-refractivity contribution in [2.24, 2.45) is 5.92 Å². The van der Waals surface area contributed by atoms with Crippen molar-refractivity contribution in [2.75, 3.05) is 24.5 Å². The SMILES string of the molecule is CCNC(C)c1ccc(N2CCC(C(C)O)CC2)cc1O. The second-order valence-corrected chi connectivity index (χ2v) is 6.09. The van der Waals surface area contributed by atoms with Gasteiger partial charge in [-0.1, -0.05) is 13.0 Å². The summed E-state index contributed by atoms with van der Waals surface area (Å²) in [6.45, 7) is 8.77. The van der Waals surface area contributed by atoms with Crippen LogP contribution in [0, 0.1) is 5.92 Å². The first-order chi connectivity index (χ1) is 10.0. The van der Waals surface area contributed by atoms with Crippen molar-refractivity contribution in [2.45, 2.75) is 45.8 Å². The Labute approximate surface area is 127 Å². The molecule has 0 spiro atoms. The van der Waals surface area contributed by atoms with Gasteiger partial charge in [-0.15, -0.1) is 0 Å². The number of phenolic OH excluding ortho intramolecular Hbond substituents is 1. The van der Waals surface area contributed by atoms with Crippen LogP contribution in [0.25, 0.3) is 0 Å². The molecule has 1 aromatic carbocycles. The Hall–Kier alpha value is -1.26. The van der Waals surface area contributed by atoms with E-state index in [1.807, 2.05) is 19.1 Å². The number of hydrogen-bond donors (Lipinski definition) is 3. The molecule has 2 rings (SSSR count). The maximum Gasteiger partial charge on any atom is 0.122 e. The van der Waals surface area contributed by atoms with Crippen LogP contribution in [0.2, 0.25) is 0 Å². The van der Waals surface area contributed by atoms with Gasteiger partial charge in [0.2, 0.25) is 0 Å². The molecular formula is C17H28N2O2. The first-order valence-corrected chi connectivity index (χ1v) is 8.02. The average molecular weight is 292 g/mol. The molecule has 1 aliphatic rings. The van der Waals surface area contributed by atoms with Crippen molar-refractivity contribution in [3.8, 4) is 5.75 Å². The van der Waals surface area contributed by atoms with Crippen LogP contribution < -0.4 is 10.2 Å². The quantitative estimate of drug-likeness (QED) is 0.781. The van der Waals surface area contributed by atoms with E-state index < -0.39 is 0 Å². The predicted octanol–water partition coefficient (Wildman–Crippen LogP) is 2.66. The maximum atomic E-state index is 10.3. The van der Waals surface area contributed by atoms with E-state index in [1.165, 1.54) is 0 Å². The Kier molecular flexibility index (Phi) is 5.48. The van der Waals surface area contributed by atoms with E-state index in [4.69, 9.17) is 0 Å². The fraction of sp³-hybridized carbons (Fsp3) is 0.647. The summed E-state index contributed by atoms with van der Waals surface area (Å²) < 4.78 is 0. The summed E-state index contributed by atoms with van der Waals surface area (Å²) in [7, 11) is 0. The van der Waals surface area contributed by atoms with Gasteiger partial charge in [0.15, 0.2) is 0 Å². The lowest BCUT2D eigenvalue weighted by Crippen LogP contribution is -2.37. The maximum absolute atomic E-state index is 10.3. The lowest BCUT2D eigenvalue weighted by atomic mass is 9.92. The van der Waals surface area contributed by atoms with Crippen molar-refractivity contribution in [1.82, 2.24) is 5.32 Å². The lowest BCUT2D eigenvalue weighted by Gasteiger charge is -2.35. The minimum Gasteiger partial charge on any atom is -0.508 e. The van der Waals surface area contributed by atoms with Crippen LogP contribution in [-0.2, 0) is 0 Å². The summed E-state index contributed by atoms with van der Waals surface area (Å²) in [4.78, 5) is 2.29. The summed E-state index contributed by atoms with van der Waals surface area (Å²) in [5.74, 6) is 0.765. The Balaban J connectivity index is 2.04. The van der Waals surface area contributed by atoms with E-state index in [-0.39, 0.29) is 12.1 Å². The molecule has 1 aliphatic heterocycles. The molecule has 1 heterocycles. The van der Waals surface area contributed by atoms with Gasteiger partial charge in [-0.05, 0) is 45.2 Å². The number of phenols is 1. The van der Waals surface area contributed by atoms with Crippen LogP contribution in [0.4, 0.5) is 5.69 Å². The number of aromatic hydroxyl groups is 1. The van der Waals surface area contributed by atoms with Crippen molar-refractivity contribution >= 4 is 5.69 Å². The molecular weight excluding hydrogens is 264 g/mol. The number of hydrogen-bond acceptors (Lipinski definition) is 4. The van der Waals surface area contributed by atoms with Crippen molar-refractivity contribution in [3.05, 3.63) is 23.8 Å². The van der Waals surface area contributed by atoms with Crippen molar-refractivity contribution < 1.29 is 10.2 Å². The van der Waals surface area contributed by atoms with Gasteiger partial charge in [0, 0.05) is 36.4 Å². The molecule has 0 aliphatic carbocycles. The van der Waals surface area contributed by atoms with Crippen molar-refractivity contribution in [1.29, 1.82) is 0 Å². The average Bonchev–Trinajstić information content (AvgIpc) is 2.47. The van der Waals surface area contributed by atoms with Gasteiger partial charge < -0.3 is 20.4 Å². The largest absolute Gasteiger partial charge is 0.508 e. The van der Waals surface area contributed by atoms with Gasteiger partial charge in [0.1, 0.15) is 5.75 Å². The molecule has 2 atom stereocenters. The van der Waals surface area contributed by atoms with Crippen LogP contribution in [0.15, 0.2) is 18.2 Å². The summed E-state index contributed by atoms with van der Waals surface area (Å²) >= 11 is 0. The predicted molar refractivity (Wildman–Crippen MR) is 86.8 cm³/mol. The normalized spacial score (nSPS) is 19.5. The lowest BCUT2D eigenvalue weighted by molar-refractivity contribution is 0.110. The van der Waals surface area contributed by atoms with E-state index >= 15 is 0 Å². The summed E-state index contributed by atoms with van der Waals surface area (Å²) in [6.07, 6.45) is 1.80. The van der Waals surface area contributed by atoms with Crippen LogP contribution in [0.1, 0.15) is 45.2 Å². The Morgan fingerprint density at radius 2 is 1.95 bits per heavy atom. The first kappa shape index (κ1) is 16.1. The number of rotatable bonds is 5. The number of nitrogens with zero attached hydrogens (tertiary/aromatic N) is 1. The third kappa shape index (κ3) is 3.89. The van der Waals surface area contributed by atoms with Crippen molar-refractivity contribution in [3.63, 3.8) is 0 Å². The molecule has 0 saturated carbocycles. The van der Waals surface area contributed by atoms with Gasteiger partial charge in [-0.25, -0.2) is 0 Å². The van der Waals surface area contributed by atoms with Gasteiger partial charge >= 0.3 is 0 Å². The number of benzene rings is 1. The molecule has 0 radical (unpaired) electrons. The van der Waals surface area contributed by atoms with E-state index in [0.717, 1.165) is 43.7 Å².